The zero-order valence-electron chi connectivity index (χ0n) is 11.6. The minimum Gasteiger partial charge on any atom is -0.477 e. The van der Waals surface area contributed by atoms with Gasteiger partial charge in [0.2, 0.25) is 5.88 Å². The zero-order chi connectivity index (χ0) is 13.4. The molecule has 0 saturated heterocycles. The molecular weight excluding hydrogens is 228 g/mol. The Morgan fingerprint density at radius 1 is 1.39 bits per heavy atom. The Morgan fingerprint density at radius 2 is 2.17 bits per heavy atom. The van der Waals surface area contributed by atoms with Gasteiger partial charge in [-0.2, -0.15) is 4.98 Å². The highest BCUT2D eigenvalue weighted by Crippen LogP contribution is 2.15. The molecule has 5 nitrogen and oxygen atoms in total. The molecule has 18 heavy (non-hydrogen) atoms. The van der Waals surface area contributed by atoms with E-state index in [-0.39, 0.29) is 0 Å². The van der Waals surface area contributed by atoms with Crippen molar-refractivity contribution in [3.8, 4) is 5.88 Å². The van der Waals surface area contributed by atoms with Gasteiger partial charge in [-0.15, -0.1) is 0 Å². The fraction of sp³-hybridized carbons (Fsp3) is 0.692. The Labute approximate surface area is 109 Å². The third-order valence-corrected chi connectivity index (χ3v) is 2.69. The van der Waals surface area contributed by atoms with E-state index < -0.39 is 0 Å². The van der Waals surface area contributed by atoms with E-state index in [1.165, 1.54) is 0 Å². The van der Waals surface area contributed by atoms with Crippen LogP contribution < -0.4 is 15.4 Å². The van der Waals surface area contributed by atoms with Gasteiger partial charge in [0.1, 0.15) is 0 Å². The van der Waals surface area contributed by atoms with Gasteiger partial charge >= 0.3 is 0 Å². The molecule has 1 unspecified atom stereocenters. The smallest absolute Gasteiger partial charge is 0.234 e. The summed E-state index contributed by atoms with van der Waals surface area (Å²) in [5.41, 5.74) is 5.66. The first-order valence-electron chi connectivity index (χ1n) is 6.61. The van der Waals surface area contributed by atoms with Crippen LogP contribution in [-0.2, 0) is 0 Å². The third kappa shape index (κ3) is 4.49. The number of ether oxygens (including phenoxy) is 1. The maximum absolute atomic E-state index is 5.66. The monoisotopic (exact) mass is 252 g/mol. The minimum atomic E-state index is 0.437. The van der Waals surface area contributed by atoms with Crippen molar-refractivity contribution in [3.63, 3.8) is 0 Å². The highest BCUT2D eigenvalue weighted by molar-refractivity contribution is 5.37. The van der Waals surface area contributed by atoms with Crippen molar-refractivity contribution in [2.45, 2.75) is 27.2 Å². The molecule has 1 aromatic rings. The second-order valence-corrected chi connectivity index (χ2v) is 4.44. The highest BCUT2D eigenvalue weighted by atomic mass is 16.5. The van der Waals surface area contributed by atoms with E-state index in [0.717, 1.165) is 25.3 Å². The molecule has 1 atom stereocenters. The number of hydrogen-bond donors (Lipinski definition) is 1. The van der Waals surface area contributed by atoms with E-state index in [4.69, 9.17) is 10.5 Å². The van der Waals surface area contributed by atoms with Gasteiger partial charge in [-0.1, -0.05) is 13.8 Å². The summed E-state index contributed by atoms with van der Waals surface area (Å²) in [4.78, 5) is 10.8. The minimum absolute atomic E-state index is 0.437. The van der Waals surface area contributed by atoms with Gasteiger partial charge in [-0.05, 0) is 25.8 Å². The number of anilines is 1. The fourth-order valence-electron chi connectivity index (χ4n) is 1.60. The molecule has 2 N–H and O–H groups in total. The number of aromatic nitrogens is 2. The molecule has 0 spiro atoms. The molecule has 0 aliphatic heterocycles. The summed E-state index contributed by atoms with van der Waals surface area (Å²) in [7, 11) is 0. The van der Waals surface area contributed by atoms with Crippen molar-refractivity contribution in [1.82, 2.24) is 9.97 Å². The third-order valence-electron chi connectivity index (χ3n) is 2.69. The van der Waals surface area contributed by atoms with Crippen LogP contribution in [0.25, 0.3) is 0 Å². The van der Waals surface area contributed by atoms with Crippen LogP contribution in [0.2, 0.25) is 0 Å². The maximum atomic E-state index is 5.66. The van der Waals surface area contributed by atoms with Crippen molar-refractivity contribution in [2.24, 2.45) is 11.7 Å². The van der Waals surface area contributed by atoms with E-state index in [1.54, 1.807) is 12.4 Å². The first kappa shape index (κ1) is 14.7. The predicted octanol–water partition coefficient (Wildman–Crippen LogP) is 1.69. The lowest BCUT2D eigenvalue weighted by atomic mass is 10.2. The Kier molecular flexibility index (Phi) is 6.43. The number of nitrogens with zero attached hydrogens (tertiary/aromatic N) is 3. The van der Waals surface area contributed by atoms with Gasteiger partial charge in [0.15, 0.2) is 5.82 Å². The SMILES string of the molecule is CCCOc1cncc(N(CC)CC(C)CN)n1. The first-order chi connectivity index (χ1) is 8.71. The topological polar surface area (TPSA) is 64.3 Å². The van der Waals surface area contributed by atoms with Crippen LogP contribution >= 0.6 is 0 Å². The Bertz CT molecular complexity index is 346. The van der Waals surface area contributed by atoms with E-state index >= 15 is 0 Å². The van der Waals surface area contributed by atoms with Crippen LogP contribution in [0.5, 0.6) is 5.88 Å². The molecule has 1 heterocycles. The van der Waals surface area contributed by atoms with E-state index in [2.05, 4.69) is 35.6 Å². The molecule has 1 aromatic heterocycles. The summed E-state index contributed by atoms with van der Waals surface area (Å²) in [5, 5.41) is 0. The van der Waals surface area contributed by atoms with E-state index in [0.29, 0.717) is 24.9 Å². The Balaban J connectivity index is 2.72. The van der Waals surface area contributed by atoms with Crippen LogP contribution in [0.4, 0.5) is 5.82 Å². The summed E-state index contributed by atoms with van der Waals surface area (Å²) in [6.07, 6.45) is 4.39. The summed E-state index contributed by atoms with van der Waals surface area (Å²) in [6, 6.07) is 0. The van der Waals surface area contributed by atoms with Crippen molar-refractivity contribution < 1.29 is 4.74 Å². The average molecular weight is 252 g/mol. The molecule has 0 aliphatic rings. The number of rotatable bonds is 8. The van der Waals surface area contributed by atoms with Crippen LogP contribution in [0.1, 0.15) is 27.2 Å². The van der Waals surface area contributed by atoms with Crippen LogP contribution in [0, 0.1) is 5.92 Å². The van der Waals surface area contributed by atoms with Gasteiger partial charge in [-0.3, -0.25) is 4.98 Å². The fourth-order valence-corrected chi connectivity index (χ4v) is 1.60. The molecule has 0 saturated carbocycles. The van der Waals surface area contributed by atoms with Gasteiger partial charge < -0.3 is 15.4 Å². The van der Waals surface area contributed by atoms with E-state index in [1.807, 2.05) is 0 Å². The maximum Gasteiger partial charge on any atom is 0.234 e. The lowest BCUT2D eigenvalue weighted by Crippen LogP contribution is -2.32. The summed E-state index contributed by atoms with van der Waals surface area (Å²) in [6.45, 7) is 9.42. The van der Waals surface area contributed by atoms with Gasteiger partial charge in [-0.25, -0.2) is 0 Å². The molecule has 5 heteroatoms. The molecular formula is C13H24N4O. The quantitative estimate of drug-likeness (QED) is 0.762. The lowest BCUT2D eigenvalue weighted by Gasteiger charge is -2.24. The normalized spacial score (nSPS) is 12.2. The van der Waals surface area contributed by atoms with Crippen LogP contribution in [0.3, 0.4) is 0 Å². The Morgan fingerprint density at radius 3 is 2.78 bits per heavy atom. The van der Waals surface area contributed by atoms with E-state index in [9.17, 15) is 0 Å². The summed E-state index contributed by atoms with van der Waals surface area (Å²) in [5.74, 6) is 1.88. The van der Waals surface area contributed by atoms with Gasteiger partial charge in [0.25, 0.3) is 0 Å². The molecule has 0 radical (unpaired) electrons. The standard InChI is InChI=1S/C13H24N4O/c1-4-6-18-13-9-15-8-12(16-13)17(5-2)10-11(3)7-14/h8-9,11H,4-7,10,14H2,1-3H3. The lowest BCUT2D eigenvalue weighted by molar-refractivity contribution is 0.304. The molecule has 0 fully saturated rings. The molecule has 102 valence electrons. The second-order valence-electron chi connectivity index (χ2n) is 4.44. The summed E-state index contributed by atoms with van der Waals surface area (Å²) >= 11 is 0. The van der Waals surface area contributed by atoms with Crippen molar-refractivity contribution in [3.05, 3.63) is 12.4 Å². The zero-order valence-corrected chi connectivity index (χ0v) is 11.6. The second kappa shape index (κ2) is 7.87. The Hall–Kier alpha value is -1.36. The van der Waals surface area contributed by atoms with Crippen LogP contribution in [0.15, 0.2) is 12.4 Å². The largest absolute Gasteiger partial charge is 0.477 e. The molecule has 0 aliphatic carbocycles. The first-order valence-corrected chi connectivity index (χ1v) is 6.61. The molecule has 0 bridgehead atoms. The van der Waals surface area contributed by atoms with Crippen molar-refractivity contribution >= 4 is 5.82 Å². The van der Waals surface area contributed by atoms with Gasteiger partial charge in [0, 0.05) is 13.1 Å². The van der Waals surface area contributed by atoms with Crippen LogP contribution in [-0.4, -0.2) is 36.2 Å². The number of hydrogen-bond acceptors (Lipinski definition) is 5. The summed E-state index contributed by atoms with van der Waals surface area (Å²) < 4.78 is 5.50. The molecule has 1 rings (SSSR count). The van der Waals surface area contributed by atoms with Gasteiger partial charge in [0.05, 0.1) is 19.0 Å². The van der Waals surface area contributed by atoms with Crippen molar-refractivity contribution in [2.75, 3.05) is 31.1 Å². The molecule has 0 aromatic carbocycles. The molecule has 0 amide bonds. The van der Waals surface area contributed by atoms with Crippen molar-refractivity contribution in [1.29, 1.82) is 0 Å². The average Bonchev–Trinajstić information content (AvgIpc) is 2.42. The highest BCUT2D eigenvalue weighted by Gasteiger charge is 2.11. The predicted molar refractivity (Wildman–Crippen MR) is 73.9 cm³/mol. The number of nitrogens with two attached hydrogens (primary N) is 1.